The fourth-order valence-electron chi connectivity index (χ4n) is 6.05. The van der Waals surface area contributed by atoms with Crippen molar-refractivity contribution >= 4 is 52.0 Å². The third-order valence-corrected chi connectivity index (χ3v) is 19.8. The van der Waals surface area contributed by atoms with Crippen LogP contribution in [0.1, 0.15) is 85.4 Å². The second kappa shape index (κ2) is 34.8. The summed E-state index contributed by atoms with van der Waals surface area (Å²) in [5.74, 6) is 1.56. The molecule has 0 aromatic heterocycles. The van der Waals surface area contributed by atoms with Crippen LogP contribution in [0.5, 0.6) is 17.2 Å². The first-order valence-electron chi connectivity index (χ1n) is 24.9. The summed E-state index contributed by atoms with van der Waals surface area (Å²) in [6.45, 7) is 14.3. The van der Waals surface area contributed by atoms with Crippen molar-refractivity contribution in [2.45, 2.75) is 103 Å². The van der Waals surface area contributed by atoms with Gasteiger partial charge < -0.3 is 13.6 Å². The highest BCUT2D eigenvalue weighted by molar-refractivity contribution is 8.55. The van der Waals surface area contributed by atoms with Crippen molar-refractivity contribution in [1.29, 1.82) is 0 Å². The molecular weight excluding hydrogens is 1080 g/mol. The highest BCUT2D eigenvalue weighted by Gasteiger charge is 2.31. The molecule has 20 heteroatoms. The van der Waals surface area contributed by atoms with Gasteiger partial charge in [0.2, 0.25) is 0 Å². The van der Waals surface area contributed by atoms with E-state index >= 15 is 0 Å². The molecular formula is C56H76O14P4S2. The summed E-state index contributed by atoms with van der Waals surface area (Å²) >= 11 is 2.27. The van der Waals surface area contributed by atoms with E-state index in [2.05, 4.69) is 45.0 Å². The van der Waals surface area contributed by atoms with Crippen molar-refractivity contribution in [1.82, 2.24) is 0 Å². The lowest BCUT2D eigenvalue weighted by Crippen LogP contribution is -2.10. The molecule has 0 radical (unpaired) electrons. The predicted octanol–water partition coefficient (Wildman–Crippen LogP) is 18.7. The van der Waals surface area contributed by atoms with Gasteiger partial charge in [-0.1, -0.05) is 136 Å². The molecule has 0 aliphatic heterocycles. The number of phosphoric ester groups is 2. The van der Waals surface area contributed by atoms with E-state index in [1.165, 1.54) is 18.2 Å². The van der Waals surface area contributed by atoms with Gasteiger partial charge in [0.1, 0.15) is 17.2 Å². The molecule has 0 saturated carbocycles. The molecule has 0 bridgehead atoms. The molecule has 0 fully saturated rings. The highest BCUT2D eigenvalue weighted by Crippen LogP contribution is 2.64. The summed E-state index contributed by atoms with van der Waals surface area (Å²) in [6, 6.07) is 52.9. The van der Waals surface area contributed by atoms with Gasteiger partial charge in [0, 0.05) is 39.7 Å². The molecule has 0 N–H and O–H groups in total. The largest absolute Gasteiger partial charge is 0.530 e. The lowest BCUT2D eigenvalue weighted by atomic mass is 9.87. The Labute approximate surface area is 460 Å². The molecule has 0 amide bonds. The van der Waals surface area contributed by atoms with Crippen LogP contribution in [-0.2, 0) is 61.8 Å². The highest BCUT2D eigenvalue weighted by atomic mass is 32.7. The first-order chi connectivity index (χ1) is 36.2. The van der Waals surface area contributed by atoms with Gasteiger partial charge in [-0.3, -0.25) is 31.7 Å². The van der Waals surface area contributed by atoms with Crippen molar-refractivity contribution in [3.63, 3.8) is 0 Å². The maximum Gasteiger partial charge on any atom is 0.530 e. The maximum absolute atomic E-state index is 13.0. The van der Waals surface area contributed by atoms with Gasteiger partial charge in [-0.25, -0.2) is 18.3 Å². The SMILES string of the molecule is CCOP(=O)(OCC)OCCCc1ccccc1.CCOP(=O)(Oc1ccc(C)cc1)Sc1ccccc1.CCOP(=O)(Oc1ccccc1)Sc1ccc(C(C)(C)C)cc1.COP(=O)(Oc1ccccc1)OC(C)C. The van der Waals surface area contributed by atoms with E-state index in [9.17, 15) is 18.3 Å². The van der Waals surface area contributed by atoms with Crippen LogP contribution < -0.4 is 13.6 Å². The number of para-hydroxylation sites is 2. The Morgan fingerprint density at radius 3 is 1.30 bits per heavy atom. The van der Waals surface area contributed by atoms with Crippen molar-refractivity contribution in [3.05, 3.63) is 187 Å². The van der Waals surface area contributed by atoms with E-state index in [4.69, 9.17) is 45.2 Å². The molecule has 0 aliphatic carbocycles. The first kappa shape index (κ1) is 66.3. The minimum atomic E-state index is -3.48. The van der Waals surface area contributed by atoms with Gasteiger partial charge in [-0.05, 0) is 139 Å². The number of hydrogen-bond acceptors (Lipinski definition) is 16. The maximum atomic E-state index is 13.0. The Morgan fingerprint density at radius 1 is 0.474 bits per heavy atom. The Bertz CT molecular complexity index is 2670. The zero-order valence-electron chi connectivity index (χ0n) is 45.5. The Balaban J connectivity index is 0.000000270. The summed E-state index contributed by atoms with van der Waals surface area (Å²) < 4.78 is 102. The summed E-state index contributed by atoms with van der Waals surface area (Å²) in [7, 11) is -5.52. The topological polar surface area (TPSA) is 161 Å². The Morgan fingerprint density at radius 2 is 0.882 bits per heavy atom. The van der Waals surface area contributed by atoms with Crippen LogP contribution in [0.3, 0.4) is 0 Å². The zero-order chi connectivity index (χ0) is 55.9. The van der Waals surface area contributed by atoms with Crippen molar-refractivity contribution in [3.8, 4) is 17.2 Å². The molecule has 3 unspecified atom stereocenters. The molecule has 3 atom stereocenters. The number of hydrogen-bond donors (Lipinski definition) is 0. The van der Waals surface area contributed by atoms with Crippen LogP contribution in [-0.4, -0.2) is 46.2 Å². The minimum Gasteiger partial charge on any atom is -0.417 e. The quantitative estimate of drug-likeness (QED) is 0.0372. The number of rotatable bonds is 26. The molecule has 6 aromatic rings. The molecule has 0 aliphatic rings. The van der Waals surface area contributed by atoms with Crippen molar-refractivity contribution < 1.29 is 63.5 Å². The summed E-state index contributed by atoms with van der Waals surface area (Å²) in [5, 5.41) is 0. The van der Waals surface area contributed by atoms with Crippen molar-refractivity contribution in [2.24, 2.45) is 0 Å². The van der Waals surface area contributed by atoms with Crippen LogP contribution in [0.15, 0.2) is 180 Å². The fourth-order valence-corrected chi connectivity index (χ4v) is 15.1. The molecule has 0 heterocycles. The molecule has 76 heavy (non-hydrogen) atoms. The van der Waals surface area contributed by atoms with Crippen LogP contribution in [0.25, 0.3) is 0 Å². The molecule has 416 valence electrons. The second-order valence-electron chi connectivity index (χ2n) is 17.2. The van der Waals surface area contributed by atoms with Crippen molar-refractivity contribution in [2.75, 3.05) is 40.1 Å². The average molecular weight is 1160 g/mol. The van der Waals surface area contributed by atoms with Gasteiger partial charge in [-0.2, -0.15) is 0 Å². The smallest absolute Gasteiger partial charge is 0.417 e. The van der Waals surface area contributed by atoms with Crippen LogP contribution in [0.4, 0.5) is 0 Å². The lowest BCUT2D eigenvalue weighted by molar-refractivity contribution is 0.120. The fraction of sp³-hybridized carbons (Fsp3) is 0.357. The van der Waals surface area contributed by atoms with E-state index in [-0.39, 0.29) is 11.5 Å². The summed E-state index contributed by atoms with van der Waals surface area (Å²) in [6.07, 6.45) is 1.45. The monoisotopic (exact) mass is 1160 g/mol. The zero-order valence-corrected chi connectivity index (χ0v) is 50.7. The molecule has 6 rings (SSSR count). The predicted molar refractivity (Wildman–Crippen MR) is 310 cm³/mol. The number of benzene rings is 6. The van der Waals surface area contributed by atoms with Gasteiger partial charge >= 0.3 is 29.2 Å². The number of aryl methyl sites for hydroxylation is 2. The van der Waals surface area contributed by atoms with Gasteiger partial charge in [0.05, 0.1) is 39.1 Å². The first-order valence-corrected chi connectivity index (χ1v) is 33.8. The normalized spacial score (nSPS) is 13.6. The van der Waals surface area contributed by atoms with Crippen LogP contribution in [0, 0.1) is 6.92 Å². The van der Waals surface area contributed by atoms with Gasteiger partial charge in [-0.15, -0.1) is 0 Å². The molecule has 0 saturated heterocycles. The van der Waals surface area contributed by atoms with E-state index in [0.717, 1.165) is 51.0 Å². The van der Waals surface area contributed by atoms with Gasteiger partial charge in [0.25, 0.3) is 0 Å². The Kier molecular flexibility index (Phi) is 30.4. The summed E-state index contributed by atoms with van der Waals surface area (Å²) in [5.41, 5.74) is 3.69. The van der Waals surface area contributed by atoms with Crippen LogP contribution >= 0.6 is 52.0 Å². The molecule has 0 spiro atoms. The van der Waals surface area contributed by atoms with E-state index in [1.54, 1.807) is 83.1 Å². The third-order valence-electron chi connectivity index (χ3n) is 9.47. The lowest BCUT2D eigenvalue weighted by Gasteiger charge is -2.20. The third kappa shape index (κ3) is 27.1. The van der Waals surface area contributed by atoms with Gasteiger partial charge in [0.15, 0.2) is 0 Å². The van der Waals surface area contributed by atoms with E-state index in [0.29, 0.717) is 50.3 Å². The summed E-state index contributed by atoms with van der Waals surface area (Å²) in [4.78, 5) is 1.72. The number of phosphoric acid groups is 2. The standard InChI is InChI=1S/C18H23O3PS.C15H17O3PS.C13H21O4P.C10H15O4P/c1-5-20-22(19,21-16-9-7-6-8-10-16)23-17-13-11-15(12-14-17)18(2,3)4;1-3-17-19(16,20-15-7-5-4-6-8-15)18-14-11-9-13(2)10-12-14;1-3-15-18(14,16-4-2)17-12-8-11-13-9-6-5-7-10-13;1-9(2)13-15(11,12-3)14-10-7-5-4-6-8-10/h6-14H,5H2,1-4H3;4-12H,3H2,1-2H3;5-7,9-10H,3-4,8,11-12H2,1-2H3;4-9H,1-3H3. The van der Waals surface area contributed by atoms with Crippen LogP contribution in [0.2, 0.25) is 0 Å². The second-order valence-corrected chi connectivity index (χ2v) is 28.3. The minimum absolute atomic E-state index is 0.0906. The Hall–Kier alpha value is -3.94. The van der Waals surface area contributed by atoms with E-state index < -0.39 is 29.2 Å². The molecule has 14 nitrogen and oxygen atoms in total. The molecule has 6 aromatic carbocycles. The average Bonchev–Trinajstić information content (AvgIpc) is 3.38. The van der Waals surface area contributed by atoms with E-state index in [1.807, 2.05) is 111 Å².